The molecule has 10 heteroatoms. The Balaban J connectivity index is 1.16. The normalized spacial score (nSPS) is 18.2. The number of nitrogens with zero attached hydrogens (tertiary/aromatic N) is 10. The van der Waals surface area contributed by atoms with Gasteiger partial charge in [0.2, 0.25) is 0 Å². The van der Waals surface area contributed by atoms with Crippen LogP contribution in [-0.2, 0) is 18.3 Å². The number of rotatable bonds is 10. The highest BCUT2D eigenvalue weighted by Crippen LogP contribution is 2.42. The van der Waals surface area contributed by atoms with Crippen molar-refractivity contribution in [3.05, 3.63) is 60.2 Å². The fourth-order valence-corrected chi connectivity index (χ4v) is 6.55. The predicted molar refractivity (Wildman–Crippen MR) is 156 cm³/mol. The van der Waals surface area contributed by atoms with E-state index in [9.17, 15) is 0 Å². The van der Waals surface area contributed by atoms with Gasteiger partial charge in [0.15, 0.2) is 11.6 Å². The molecule has 10 nitrogen and oxygen atoms in total. The summed E-state index contributed by atoms with van der Waals surface area (Å²) in [6.07, 6.45) is 21.5. The molecule has 2 fully saturated rings. The summed E-state index contributed by atoms with van der Waals surface area (Å²) in [6.45, 7) is 9.00. The first-order chi connectivity index (χ1) is 19.7. The predicted octanol–water partition coefficient (Wildman–Crippen LogP) is 5.78. The number of hydrogen-bond acceptors (Lipinski definition) is 8. The molecule has 0 atom stereocenters. The van der Waals surface area contributed by atoms with Gasteiger partial charge in [-0.15, -0.1) is 10.2 Å². The molecular formula is C31H42N10. The second-order valence-corrected chi connectivity index (χ2v) is 13.4. The van der Waals surface area contributed by atoms with Crippen molar-refractivity contribution >= 4 is 0 Å². The summed E-state index contributed by atoms with van der Waals surface area (Å²) in [5.74, 6) is 2.70. The van der Waals surface area contributed by atoms with Crippen LogP contribution in [0.2, 0.25) is 0 Å². The molecule has 6 rings (SSSR count). The Bertz CT molecular complexity index is 1360. The van der Waals surface area contributed by atoms with Crippen LogP contribution in [-0.4, -0.2) is 49.5 Å². The van der Waals surface area contributed by atoms with E-state index in [0.717, 1.165) is 48.7 Å². The quantitative estimate of drug-likeness (QED) is 0.242. The molecule has 216 valence electrons. The lowest BCUT2D eigenvalue weighted by Crippen LogP contribution is -2.24. The highest BCUT2D eigenvalue weighted by Gasteiger charge is 2.31. The Morgan fingerprint density at radius 3 is 1.49 bits per heavy atom. The average Bonchev–Trinajstić information content (AvgIpc) is 3.80. The van der Waals surface area contributed by atoms with Crippen LogP contribution in [0.15, 0.2) is 37.2 Å². The molecule has 0 aromatic carbocycles. The van der Waals surface area contributed by atoms with Crippen molar-refractivity contribution in [3.8, 4) is 11.9 Å². The summed E-state index contributed by atoms with van der Waals surface area (Å²) in [6, 6.07) is 3.86. The Labute approximate surface area is 242 Å². The van der Waals surface area contributed by atoms with Crippen LogP contribution < -0.4 is 0 Å². The Morgan fingerprint density at radius 2 is 1.07 bits per heavy atom. The highest BCUT2D eigenvalue weighted by atomic mass is 15.4. The van der Waals surface area contributed by atoms with Crippen molar-refractivity contribution < 1.29 is 0 Å². The fraction of sp³-hybridized carbons (Fsp3) is 0.613. The molecule has 0 N–H and O–H groups in total. The first kappa shape index (κ1) is 27.6. The van der Waals surface area contributed by atoms with Crippen molar-refractivity contribution in [3.63, 3.8) is 0 Å². The van der Waals surface area contributed by atoms with E-state index in [1.165, 1.54) is 51.4 Å². The molecule has 0 aliphatic heterocycles. The van der Waals surface area contributed by atoms with Gasteiger partial charge in [-0.2, -0.15) is 9.36 Å². The van der Waals surface area contributed by atoms with Crippen LogP contribution in [0.25, 0.3) is 11.9 Å². The van der Waals surface area contributed by atoms with E-state index < -0.39 is 5.41 Å². The van der Waals surface area contributed by atoms with Gasteiger partial charge < -0.3 is 0 Å². The molecule has 4 aromatic heterocycles. The summed E-state index contributed by atoms with van der Waals surface area (Å²) in [4.78, 5) is 27.9. The minimum Gasteiger partial charge on any atom is -0.220 e. The first-order valence-electron chi connectivity index (χ1n) is 15.2. The molecule has 4 heterocycles. The third kappa shape index (κ3) is 6.06. The van der Waals surface area contributed by atoms with E-state index in [-0.39, 0.29) is 0 Å². The second-order valence-electron chi connectivity index (χ2n) is 13.4. The minimum absolute atomic E-state index is 0.421. The van der Waals surface area contributed by atoms with Gasteiger partial charge in [0.25, 0.3) is 11.9 Å². The lowest BCUT2D eigenvalue weighted by atomic mass is 9.84. The molecule has 0 bridgehead atoms. The Kier molecular flexibility index (Phi) is 7.42. The molecule has 0 spiro atoms. The lowest BCUT2D eigenvalue weighted by molar-refractivity contribution is 0.306. The summed E-state index contributed by atoms with van der Waals surface area (Å²) in [5, 5.41) is 9.41. The zero-order valence-corrected chi connectivity index (χ0v) is 24.9. The van der Waals surface area contributed by atoms with Gasteiger partial charge >= 0.3 is 0 Å². The summed E-state index contributed by atoms with van der Waals surface area (Å²) >= 11 is 0. The van der Waals surface area contributed by atoms with Crippen LogP contribution >= 0.6 is 0 Å². The number of aryl methyl sites for hydroxylation is 2. The monoisotopic (exact) mass is 554 g/mol. The van der Waals surface area contributed by atoms with E-state index >= 15 is 0 Å². The van der Waals surface area contributed by atoms with Crippen molar-refractivity contribution in [2.24, 2.45) is 10.8 Å². The van der Waals surface area contributed by atoms with Crippen LogP contribution in [0.5, 0.6) is 0 Å². The Hall–Kier alpha value is -3.56. The summed E-state index contributed by atoms with van der Waals surface area (Å²) in [7, 11) is 0. The van der Waals surface area contributed by atoms with Crippen LogP contribution in [0.1, 0.15) is 115 Å². The fourth-order valence-electron chi connectivity index (χ4n) is 6.55. The number of aromatic nitrogens is 10. The largest absolute Gasteiger partial charge is 0.252 e. The molecular weight excluding hydrogens is 512 g/mol. The molecule has 4 aromatic rings. The van der Waals surface area contributed by atoms with Gasteiger partial charge in [0, 0.05) is 30.7 Å². The average molecular weight is 555 g/mol. The van der Waals surface area contributed by atoms with Crippen LogP contribution in [0.3, 0.4) is 0 Å². The zero-order chi connectivity index (χ0) is 28.5. The third-order valence-corrected chi connectivity index (χ3v) is 9.58. The first-order valence-corrected chi connectivity index (χ1v) is 15.2. The third-order valence-electron chi connectivity index (χ3n) is 9.58. The zero-order valence-electron chi connectivity index (χ0n) is 24.9. The van der Waals surface area contributed by atoms with E-state index in [2.05, 4.69) is 47.6 Å². The smallest absolute Gasteiger partial charge is 0.220 e. The Morgan fingerprint density at radius 1 is 0.659 bits per heavy atom. The molecule has 2 aliphatic rings. The van der Waals surface area contributed by atoms with E-state index in [1.807, 2.05) is 12.1 Å². The van der Waals surface area contributed by atoms with Gasteiger partial charge in [-0.05, 0) is 75.3 Å². The summed E-state index contributed by atoms with van der Waals surface area (Å²) < 4.78 is 3.36. The van der Waals surface area contributed by atoms with Gasteiger partial charge in [0.05, 0.1) is 11.4 Å². The van der Waals surface area contributed by atoms with Gasteiger partial charge in [-0.25, -0.2) is 29.9 Å². The van der Waals surface area contributed by atoms with Gasteiger partial charge in [-0.3, -0.25) is 0 Å². The standard InChI is InChI=1S/C31H42N10/c1-29(2,23-11-19-32-27(36-23)40-21-34-25(38-40)9-17-30(3)13-5-6-14-30)24-12-20-33-28(37-24)41-22-35-26(39-41)10-18-31(4)15-7-8-16-31/h11-12,19-22H,5-10,13-18H2,1-4H3. The van der Waals surface area contributed by atoms with Crippen LogP contribution in [0.4, 0.5) is 0 Å². The molecule has 41 heavy (non-hydrogen) atoms. The molecule has 0 unspecified atom stereocenters. The molecule has 2 aliphatic carbocycles. The van der Waals surface area contributed by atoms with E-state index in [0.29, 0.717) is 22.7 Å². The van der Waals surface area contributed by atoms with Crippen molar-refractivity contribution in [2.75, 3.05) is 0 Å². The lowest BCUT2D eigenvalue weighted by Gasteiger charge is -2.24. The van der Waals surface area contributed by atoms with Crippen molar-refractivity contribution in [1.82, 2.24) is 49.5 Å². The maximum absolute atomic E-state index is 4.88. The SMILES string of the molecule is CC1(CCc2ncn(-c3nccc(C(C)(C)c4ccnc(-n5cnc(CCC6(C)CCCC6)n5)n4)n3)n2)CCCC1. The minimum atomic E-state index is -0.504. The van der Waals surface area contributed by atoms with Gasteiger partial charge in [0.1, 0.15) is 12.7 Å². The topological polar surface area (TPSA) is 113 Å². The van der Waals surface area contributed by atoms with Gasteiger partial charge in [-0.1, -0.05) is 39.5 Å². The van der Waals surface area contributed by atoms with E-state index in [4.69, 9.17) is 20.2 Å². The molecule has 0 amide bonds. The van der Waals surface area contributed by atoms with E-state index in [1.54, 1.807) is 34.4 Å². The van der Waals surface area contributed by atoms with Crippen molar-refractivity contribution in [1.29, 1.82) is 0 Å². The summed E-state index contributed by atoms with van der Waals surface area (Å²) in [5.41, 5.74) is 2.02. The number of hydrogen-bond donors (Lipinski definition) is 0. The van der Waals surface area contributed by atoms with Crippen molar-refractivity contribution in [2.45, 2.75) is 110 Å². The second kappa shape index (κ2) is 11.0. The maximum atomic E-state index is 4.88. The van der Waals surface area contributed by atoms with Crippen LogP contribution in [0, 0.1) is 10.8 Å². The molecule has 0 radical (unpaired) electrons. The maximum Gasteiger partial charge on any atom is 0.252 e. The molecule has 0 saturated heterocycles. The highest BCUT2D eigenvalue weighted by molar-refractivity contribution is 5.31. The molecule has 2 saturated carbocycles.